The van der Waals surface area contributed by atoms with E-state index in [9.17, 15) is 9.59 Å². The molecule has 3 N–H and O–H groups in total. The molecule has 0 bridgehead atoms. The number of hydrogen-bond acceptors (Lipinski definition) is 4. The van der Waals surface area contributed by atoms with Crippen LogP contribution in [0.1, 0.15) is 59.3 Å². The van der Waals surface area contributed by atoms with Crippen molar-refractivity contribution in [3.63, 3.8) is 0 Å². The van der Waals surface area contributed by atoms with Crippen molar-refractivity contribution in [1.29, 1.82) is 0 Å². The molecule has 0 radical (unpaired) electrons. The van der Waals surface area contributed by atoms with Gasteiger partial charge in [-0.05, 0) is 51.6 Å². The Bertz CT molecular complexity index is 455. The van der Waals surface area contributed by atoms with Crippen molar-refractivity contribution >= 4 is 24.2 Å². The Hall–Kier alpha value is -0.850. The van der Waals surface area contributed by atoms with E-state index in [1.165, 1.54) is 0 Å². The average molecular weight is 390 g/mol. The van der Waals surface area contributed by atoms with Crippen molar-refractivity contribution in [2.24, 2.45) is 11.3 Å². The normalized spacial score (nSPS) is 29.2. The van der Waals surface area contributed by atoms with Gasteiger partial charge >= 0.3 is 0 Å². The van der Waals surface area contributed by atoms with Crippen LogP contribution in [0.2, 0.25) is 0 Å². The Balaban J connectivity index is 0.00000338. The zero-order valence-corrected chi connectivity index (χ0v) is 17.3. The van der Waals surface area contributed by atoms with E-state index in [1.54, 1.807) is 0 Å². The first-order valence-electron chi connectivity index (χ1n) is 9.88. The predicted octanol–water partition coefficient (Wildman–Crippen LogP) is 2.01. The highest BCUT2D eigenvalue weighted by atomic mass is 35.5. The van der Waals surface area contributed by atoms with Crippen molar-refractivity contribution in [3.05, 3.63) is 0 Å². The largest absolute Gasteiger partial charge is 0.379 e. The number of carbonyl (C=O) groups is 2. The topological polar surface area (TPSA) is 79.5 Å². The maximum absolute atomic E-state index is 13.2. The molecular weight excluding hydrogens is 354 g/mol. The zero-order valence-electron chi connectivity index (χ0n) is 16.4. The first kappa shape index (κ1) is 23.2. The Morgan fingerprint density at radius 3 is 2.50 bits per heavy atom. The highest BCUT2D eigenvalue weighted by Crippen LogP contribution is 2.35. The lowest BCUT2D eigenvalue weighted by Gasteiger charge is -2.38. The van der Waals surface area contributed by atoms with Crippen LogP contribution >= 0.6 is 12.4 Å². The molecule has 1 spiro atoms. The predicted molar refractivity (Wildman–Crippen MR) is 105 cm³/mol. The second kappa shape index (κ2) is 11.1. The molecule has 2 saturated heterocycles. The summed E-state index contributed by atoms with van der Waals surface area (Å²) in [7, 11) is 0. The molecule has 2 fully saturated rings. The second-order valence-corrected chi connectivity index (χ2v) is 7.81. The molecule has 0 unspecified atom stereocenters. The monoisotopic (exact) mass is 389 g/mol. The lowest BCUT2D eigenvalue weighted by molar-refractivity contribution is -0.138. The zero-order chi connectivity index (χ0) is 18.3. The molecule has 3 atom stereocenters. The van der Waals surface area contributed by atoms with Gasteiger partial charge in [0.1, 0.15) is 6.04 Å². The van der Waals surface area contributed by atoms with E-state index < -0.39 is 6.04 Å². The van der Waals surface area contributed by atoms with Crippen LogP contribution in [0.3, 0.4) is 0 Å². The van der Waals surface area contributed by atoms with Crippen LogP contribution in [0.25, 0.3) is 0 Å². The summed E-state index contributed by atoms with van der Waals surface area (Å²) in [5.74, 6) is 0.0605. The van der Waals surface area contributed by atoms with Crippen LogP contribution < -0.4 is 16.0 Å². The van der Waals surface area contributed by atoms with Crippen molar-refractivity contribution in [1.82, 2.24) is 16.0 Å². The van der Waals surface area contributed by atoms with Gasteiger partial charge in [-0.25, -0.2) is 0 Å². The third-order valence-electron chi connectivity index (χ3n) is 5.77. The van der Waals surface area contributed by atoms with E-state index in [2.05, 4.69) is 22.9 Å². The Morgan fingerprint density at radius 2 is 1.85 bits per heavy atom. The number of carbonyl (C=O) groups excluding carboxylic acids is 2. The minimum absolute atomic E-state index is 0. The van der Waals surface area contributed by atoms with Crippen LogP contribution in [-0.2, 0) is 14.3 Å². The number of halogens is 1. The van der Waals surface area contributed by atoms with Gasteiger partial charge in [0.05, 0.1) is 12.0 Å². The number of amides is 2. The number of ether oxygens (including phenoxy) is 1. The smallest absolute Gasteiger partial charge is 0.243 e. The first-order valence-corrected chi connectivity index (χ1v) is 9.88. The van der Waals surface area contributed by atoms with Crippen molar-refractivity contribution < 1.29 is 14.3 Å². The van der Waals surface area contributed by atoms with Crippen molar-refractivity contribution in [2.75, 3.05) is 26.3 Å². The molecule has 2 rings (SSSR count). The van der Waals surface area contributed by atoms with E-state index in [1.807, 2.05) is 13.8 Å². The maximum Gasteiger partial charge on any atom is 0.243 e. The van der Waals surface area contributed by atoms with Gasteiger partial charge < -0.3 is 20.7 Å². The maximum atomic E-state index is 13.2. The van der Waals surface area contributed by atoms with E-state index in [0.29, 0.717) is 13.2 Å². The van der Waals surface area contributed by atoms with E-state index in [-0.39, 0.29) is 41.6 Å². The Morgan fingerprint density at radius 1 is 1.15 bits per heavy atom. The molecule has 26 heavy (non-hydrogen) atoms. The molecule has 0 aromatic rings. The third kappa shape index (κ3) is 6.10. The standard InChI is InChI=1S/C19H35N3O3.ClH/c1-4-14(2)16-17(23)21-15(3)13-25-12-6-5-7-19(18(24)22-16)8-10-20-11-9-19;/h14-16,20H,4-13H2,1-3H3,(H,21,23)(H,22,24);1H/t14-,15+,16-;/m0./s1. The van der Waals surface area contributed by atoms with Gasteiger partial charge in [0, 0.05) is 12.6 Å². The van der Waals surface area contributed by atoms with Gasteiger partial charge in [-0.3, -0.25) is 9.59 Å². The molecule has 0 aromatic heterocycles. The summed E-state index contributed by atoms with van der Waals surface area (Å²) >= 11 is 0. The lowest BCUT2D eigenvalue weighted by Crippen LogP contribution is -2.57. The van der Waals surface area contributed by atoms with E-state index in [4.69, 9.17) is 4.74 Å². The summed E-state index contributed by atoms with van der Waals surface area (Å²) in [6, 6.07) is -0.531. The molecule has 6 nitrogen and oxygen atoms in total. The van der Waals surface area contributed by atoms with Crippen LogP contribution in [0.4, 0.5) is 0 Å². The molecule has 2 amide bonds. The third-order valence-corrected chi connectivity index (χ3v) is 5.77. The van der Waals surface area contributed by atoms with Gasteiger partial charge in [-0.1, -0.05) is 26.7 Å². The van der Waals surface area contributed by atoms with E-state index in [0.717, 1.165) is 51.6 Å². The van der Waals surface area contributed by atoms with Gasteiger partial charge in [0.15, 0.2) is 0 Å². The molecule has 2 aliphatic rings. The van der Waals surface area contributed by atoms with Crippen LogP contribution in [0, 0.1) is 11.3 Å². The molecule has 2 heterocycles. The summed E-state index contributed by atoms with van der Waals surface area (Å²) in [4.78, 5) is 26.0. The molecule has 7 heteroatoms. The highest BCUT2D eigenvalue weighted by Gasteiger charge is 2.41. The summed E-state index contributed by atoms with van der Waals surface area (Å²) in [5.41, 5.74) is -0.350. The van der Waals surface area contributed by atoms with Crippen LogP contribution in [0.15, 0.2) is 0 Å². The van der Waals surface area contributed by atoms with Crippen LogP contribution in [-0.4, -0.2) is 50.2 Å². The number of piperidine rings is 1. The minimum Gasteiger partial charge on any atom is -0.379 e. The molecule has 0 aliphatic carbocycles. The summed E-state index contributed by atoms with van der Waals surface area (Å²) in [5, 5.41) is 9.47. The van der Waals surface area contributed by atoms with Crippen LogP contribution in [0.5, 0.6) is 0 Å². The molecular formula is C19H36ClN3O3. The summed E-state index contributed by atoms with van der Waals surface area (Å²) in [6.45, 7) is 8.95. The molecule has 0 aromatic carbocycles. The van der Waals surface area contributed by atoms with Crippen molar-refractivity contribution in [3.8, 4) is 0 Å². The fourth-order valence-electron chi connectivity index (χ4n) is 3.79. The first-order chi connectivity index (χ1) is 12.0. The van der Waals surface area contributed by atoms with Gasteiger partial charge in [0.25, 0.3) is 0 Å². The van der Waals surface area contributed by atoms with Gasteiger partial charge in [-0.15, -0.1) is 12.4 Å². The Labute approximate surface area is 164 Å². The molecule has 2 aliphatic heterocycles. The SMILES string of the molecule is CC[C@H](C)[C@@H]1NC(=O)C2(CCCCOC[C@@H](C)NC1=O)CCNCC2.Cl. The fourth-order valence-corrected chi connectivity index (χ4v) is 3.79. The number of hydrogen-bond donors (Lipinski definition) is 3. The lowest BCUT2D eigenvalue weighted by atomic mass is 9.73. The summed E-state index contributed by atoms with van der Waals surface area (Å²) in [6.07, 6.45) is 5.33. The minimum atomic E-state index is -0.479. The van der Waals surface area contributed by atoms with Gasteiger partial charge in [0.2, 0.25) is 11.8 Å². The van der Waals surface area contributed by atoms with Crippen molar-refractivity contribution in [2.45, 2.75) is 71.4 Å². The Kier molecular flexibility index (Phi) is 9.90. The number of rotatable bonds is 2. The average Bonchev–Trinajstić information content (AvgIpc) is 2.62. The quantitative estimate of drug-likeness (QED) is 0.675. The van der Waals surface area contributed by atoms with E-state index >= 15 is 0 Å². The molecule has 152 valence electrons. The number of nitrogens with one attached hydrogen (secondary N) is 3. The highest BCUT2D eigenvalue weighted by molar-refractivity contribution is 5.90. The fraction of sp³-hybridized carbons (Fsp3) is 0.895. The summed E-state index contributed by atoms with van der Waals surface area (Å²) < 4.78 is 5.70. The molecule has 0 saturated carbocycles. The van der Waals surface area contributed by atoms with Gasteiger partial charge in [-0.2, -0.15) is 0 Å². The second-order valence-electron chi connectivity index (χ2n) is 7.81.